The van der Waals surface area contributed by atoms with Gasteiger partial charge in [0.05, 0.1) is 8.07 Å². The molecule has 0 atom stereocenters. The summed E-state index contributed by atoms with van der Waals surface area (Å²) < 4.78 is 1.70. The van der Waals surface area contributed by atoms with Gasteiger partial charge in [0, 0.05) is 0 Å². The minimum atomic E-state index is -1.02. The summed E-state index contributed by atoms with van der Waals surface area (Å²) in [5.74, 6) is 0. The van der Waals surface area contributed by atoms with E-state index < -0.39 is 8.07 Å². The third-order valence-corrected chi connectivity index (χ3v) is 10.7. The summed E-state index contributed by atoms with van der Waals surface area (Å²) in [7, 11) is -1.02. The topological polar surface area (TPSA) is 0 Å². The molecule has 0 N–H and O–H groups in total. The van der Waals surface area contributed by atoms with Crippen LogP contribution < -0.4 is 4.50 Å². The van der Waals surface area contributed by atoms with Crippen molar-refractivity contribution in [2.45, 2.75) is 38.9 Å². The maximum atomic E-state index is 2.36. The Morgan fingerprint density at radius 3 is 2.08 bits per heavy atom. The molecule has 1 heterocycles. The molecule has 12 heavy (non-hydrogen) atoms. The van der Waals surface area contributed by atoms with Crippen LogP contribution >= 0.6 is 11.3 Å². The molecule has 0 amide bonds. The summed E-state index contributed by atoms with van der Waals surface area (Å²) in [6, 6.07) is 8.75. The van der Waals surface area contributed by atoms with Crippen molar-refractivity contribution in [3.63, 3.8) is 0 Å². The third kappa shape index (κ3) is 1.64. The smallest absolute Gasteiger partial charge is 0.0987 e. The van der Waals surface area contributed by atoms with Gasteiger partial charge in [-0.2, -0.15) is 11.3 Å². The average Bonchev–Trinajstić information content (AvgIpc) is 2.62. The van der Waals surface area contributed by atoms with Crippen LogP contribution in [-0.2, 0) is 0 Å². The fourth-order valence-electron chi connectivity index (χ4n) is 1.85. The first kappa shape index (κ1) is 10.0. The van der Waals surface area contributed by atoms with E-state index in [1.54, 1.807) is 4.50 Å². The van der Waals surface area contributed by atoms with Crippen LogP contribution in [0.5, 0.6) is 0 Å². The van der Waals surface area contributed by atoms with Crippen LogP contribution in [0.25, 0.3) is 0 Å². The van der Waals surface area contributed by atoms with Crippen LogP contribution in [0.3, 0.4) is 0 Å². The molecular formula is C10H18SSi. The van der Waals surface area contributed by atoms with Crippen molar-refractivity contribution in [3.8, 4) is 0 Å². The molecule has 1 aromatic heterocycles. The molecule has 0 saturated carbocycles. The standard InChI is InChI=1S/C10H18SSi/c1-4-12(5-2,6-3)10-8-7-9-11-10/h7-9H,4-6H2,1-3H3. The fourth-order valence-corrected chi connectivity index (χ4v) is 7.81. The molecule has 0 aliphatic rings. The van der Waals surface area contributed by atoms with Gasteiger partial charge in [-0.25, -0.2) is 0 Å². The molecule has 0 radical (unpaired) electrons. The highest BCUT2D eigenvalue weighted by molar-refractivity contribution is 7.25. The Morgan fingerprint density at radius 2 is 1.75 bits per heavy atom. The van der Waals surface area contributed by atoms with Crippen molar-refractivity contribution in [2.24, 2.45) is 0 Å². The summed E-state index contributed by atoms with van der Waals surface area (Å²) in [5.41, 5.74) is 0. The monoisotopic (exact) mass is 198 g/mol. The Kier molecular flexibility index (Phi) is 3.53. The second-order valence-electron chi connectivity index (χ2n) is 3.32. The van der Waals surface area contributed by atoms with Crippen molar-refractivity contribution < 1.29 is 0 Å². The maximum absolute atomic E-state index is 2.36. The predicted octanol–water partition coefficient (Wildman–Crippen LogP) is 3.46. The van der Waals surface area contributed by atoms with Gasteiger partial charge in [0.15, 0.2) is 0 Å². The van der Waals surface area contributed by atoms with Gasteiger partial charge >= 0.3 is 0 Å². The number of hydrogen-bond acceptors (Lipinski definition) is 1. The molecule has 0 aliphatic carbocycles. The summed E-state index contributed by atoms with van der Waals surface area (Å²) in [4.78, 5) is 0. The first-order chi connectivity index (χ1) is 5.79. The van der Waals surface area contributed by atoms with Gasteiger partial charge in [-0.05, 0) is 9.88 Å². The van der Waals surface area contributed by atoms with E-state index in [1.807, 2.05) is 11.3 Å². The van der Waals surface area contributed by atoms with Gasteiger partial charge in [-0.15, -0.1) is 0 Å². The van der Waals surface area contributed by atoms with Crippen LogP contribution in [0, 0.1) is 0 Å². The van der Waals surface area contributed by atoms with Gasteiger partial charge in [-0.3, -0.25) is 0 Å². The van der Waals surface area contributed by atoms with E-state index in [-0.39, 0.29) is 0 Å². The van der Waals surface area contributed by atoms with Crippen molar-refractivity contribution >= 4 is 23.9 Å². The zero-order valence-electron chi connectivity index (χ0n) is 8.26. The second-order valence-corrected chi connectivity index (χ2v) is 9.85. The molecule has 0 bridgehead atoms. The van der Waals surface area contributed by atoms with Gasteiger partial charge in [0.1, 0.15) is 0 Å². The zero-order valence-corrected chi connectivity index (χ0v) is 10.1. The molecule has 0 nitrogen and oxygen atoms in total. The fraction of sp³-hybridized carbons (Fsp3) is 0.600. The number of hydrogen-bond donors (Lipinski definition) is 0. The summed E-state index contributed by atoms with van der Waals surface area (Å²) >= 11 is 1.97. The van der Waals surface area contributed by atoms with Crippen LogP contribution in [0.2, 0.25) is 18.1 Å². The van der Waals surface area contributed by atoms with E-state index in [4.69, 9.17) is 0 Å². The lowest BCUT2D eigenvalue weighted by Crippen LogP contribution is -2.43. The second kappa shape index (κ2) is 4.24. The third-order valence-electron chi connectivity index (χ3n) is 3.07. The maximum Gasteiger partial charge on any atom is 0.0987 e. The molecule has 0 fully saturated rings. The summed E-state index contributed by atoms with van der Waals surface area (Å²) in [6.45, 7) is 7.08. The van der Waals surface area contributed by atoms with Crippen molar-refractivity contribution in [3.05, 3.63) is 17.5 Å². The SMILES string of the molecule is CC[Si](CC)(CC)c1cccs1. The Labute approximate surface area is 80.6 Å². The van der Waals surface area contributed by atoms with E-state index in [0.29, 0.717) is 0 Å². The molecule has 0 aromatic carbocycles. The first-order valence-corrected chi connectivity index (χ1v) is 8.33. The lowest BCUT2D eigenvalue weighted by molar-refractivity contribution is 1.20. The molecule has 0 aliphatic heterocycles. The molecule has 0 unspecified atom stereocenters. The van der Waals surface area contributed by atoms with Gasteiger partial charge in [-0.1, -0.05) is 51.0 Å². The Bertz CT molecular complexity index is 203. The largest absolute Gasteiger partial charge is 0.154 e. The van der Waals surface area contributed by atoms with Gasteiger partial charge in [0.2, 0.25) is 0 Å². The molecule has 68 valence electrons. The van der Waals surface area contributed by atoms with Crippen LogP contribution in [-0.4, -0.2) is 8.07 Å². The minimum Gasteiger partial charge on any atom is -0.154 e. The van der Waals surface area contributed by atoms with Crippen LogP contribution in [0.15, 0.2) is 17.5 Å². The summed E-state index contributed by atoms with van der Waals surface area (Å²) in [5, 5.41) is 2.22. The quantitative estimate of drug-likeness (QED) is 0.650. The van der Waals surface area contributed by atoms with Gasteiger partial charge < -0.3 is 0 Å². The number of thiophene rings is 1. The molecular weight excluding hydrogens is 180 g/mol. The normalized spacial score (nSPS) is 11.9. The minimum absolute atomic E-state index is 1.02. The van der Waals surface area contributed by atoms with E-state index in [0.717, 1.165) is 0 Å². The van der Waals surface area contributed by atoms with Crippen molar-refractivity contribution in [2.75, 3.05) is 0 Å². The highest BCUT2D eigenvalue weighted by Crippen LogP contribution is 2.21. The Balaban J connectivity index is 2.93. The molecule has 1 rings (SSSR count). The zero-order chi connectivity index (χ0) is 9.03. The van der Waals surface area contributed by atoms with Crippen LogP contribution in [0.4, 0.5) is 0 Å². The highest BCUT2D eigenvalue weighted by atomic mass is 32.1. The molecule has 0 spiro atoms. The lowest BCUT2D eigenvalue weighted by Gasteiger charge is -2.26. The number of rotatable bonds is 4. The van der Waals surface area contributed by atoms with Crippen molar-refractivity contribution in [1.82, 2.24) is 0 Å². The van der Waals surface area contributed by atoms with E-state index in [9.17, 15) is 0 Å². The van der Waals surface area contributed by atoms with Crippen LogP contribution in [0.1, 0.15) is 20.8 Å². The lowest BCUT2D eigenvalue weighted by atomic mass is 10.7. The van der Waals surface area contributed by atoms with E-state index >= 15 is 0 Å². The summed E-state index contributed by atoms with van der Waals surface area (Å²) in [6.07, 6.45) is 0. The van der Waals surface area contributed by atoms with Gasteiger partial charge in [0.25, 0.3) is 0 Å². The Morgan fingerprint density at radius 1 is 1.17 bits per heavy atom. The molecule has 2 heteroatoms. The Hall–Kier alpha value is -0.0831. The molecule has 0 saturated heterocycles. The molecule has 1 aromatic rings. The van der Waals surface area contributed by atoms with E-state index in [2.05, 4.69) is 38.3 Å². The average molecular weight is 198 g/mol. The predicted molar refractivity (Wildman–Crippen MR) is 61.2 cm³/mol. The highest BCUT2D eigenvalue weighted by Gasteiger charge is 2.29. The van der Waals surface area contributed by atoms with E-state index in [1.165, 1.54) is 18.1 Å². The first-order valence-electron chi connectivity index (χ1n) is 4.83. The van der Waals surface area contributed by atoms with Crippen molar-refractivity contribution in [1.29, 1.82) is 0 Å².